The predicted molar refractivity (Wildman–Crippen MR) is 143 cm³/mol. The molecule has 0 saturated heterocycles. The second-order valence-corrected chi connectivity index (χ2v) is 10.1. The highest BCUT2D eigenvalue weighted by atomic mass is 16.5. The van der Waals surface area contributed by atoms with E-state index in [1.165, 1.54) is 12.1 Å². The first-order valence-electron chi connectivity index (χ1n) is 12.7. The molecule has 13 heteroatoms. The number of carbonyl (C=O) groups excluding carboxylic acids is 2. The lowest BCUT2D eigenvalue weighted by molar-refractivity contribution is 0.0196. The Kier molecular flexibility index (Phi) is 6.13. The Morgan fingerprint density at radius 1 is 0.535 bits per heavy atom. The van der Waals surface area contributed by atoms with Crippen molar-refractivity contribution in [1.29, 1.82) is 0 Å². The fraction of sp³-hybridized carbons (Fsp3) is 0.133. The van der Waals surface area contributed by atoms with E-state index in [0.717, 1.165) is 42.5 Å². The third-order valence-electron chi connectivity index (χ3n) is 7.44. The molecule has 6 rings (SSSR count). The summed E-state index contributed by atoms with van der Waals surface area (Å²) < 4.78 is 12.0. The van der Waals surface area contributed by atoms with Crippen LogP contribution in [-0.2, 0) is 0 Å². The van der Waals surface area contributed by atoms with Gasteiger partial charge >= 0.3 is 0 Å². The molecule has 0 radical (unpaired) electrons. The number of hydrogen-bond acceptors (Lipinski definition) is 13. The average Bonchev–Trinajstić information content (AvgIpc) is 2.93. The zero-order valence-electron chi connectivity index (χ0n) is 21.7. The molecule has 0 bridgehead atoms. The van der Waals surface area contributed by atoms with Crippen molar-refractivity contribution >= 4 is 11.6 Å². The first-order valence-corrected chi connectivity index (χ1v) is 12.7. The van der Waals surface area contributed by atoms with Gasteiger partial charge < -0.3 is 55.4 Å². The van der Waals surface area contributed by atoms with E-state index in [9.17, 15) is 55.5 Å². The van der Waals surface area contributed by atoms with Crippen LogP contribution in [0.25, 0.3) is 0 Å². The monoisotopic (exact) mass is 590 g/mol. The van der Waals surface area contributed by atoms with Crippen molar-refractivity contribution < 1.29 is 65.0 Å². The summed E-state index contributed by atoms with van der Waals surface area (Å²) in [5, 5.41) is 93.0. The van der Waals surface area contributed by atoms with Gasteiger partial charge in [0, 0.05) is 18.2 Å². The van der Waals surface area contributed by atoms with E-state index in [1.807, 2.05) is 0 Å². The van der Waals surface area contributed by atoms with E-state index >= 15 is 0 Å². The Hall–Kier alpha value is -5.82. The quantitative estimate of drug-likeness (QED) is 0.156. The number of fused-ring (bicyclic) bond motifs is 2. The Balaban J connectivity index is 1.60. The van der Waals surface area contributed by atoms with Gasteiger partial charge in [-0.2, -0.15) is 0 Å². The van der Waals surface area contributed by atoms with Crippen molar-refractivity contribution in [2.45, 2.75) is 24.2 Å². The minimum atomic E-state index is -1.93. The standard InChI is InChI=1S/C30H22O13/c31-12-7-17(36)21-20(8-12)42-28(10-1-3-13(32)15(34)5-10)24(25(21)39)22-18(37)9-19(38)23-26(40)27(41)29(43-30(22)23)11-2-4-14(33)16(35)6-11/h1-9,24,27-29,31-38,41H. The number of phenolic OH excluding ortho intramolecular Hbond substituents is 8. The maximum atomic E-state index is 14.1. The Morgan fingerprint density at radius 2 is 1.12 bits per heavy atom. The molecule has 2 heterocycles. The lowest BCUT2D eigenvalue weighted by Crippen LogP contribution is -2.38. The Bertz CT molecular complexity index is 1850. The van der Waals surface area contributed by atoms with Gasteiger partial charge in [0.25, 0.3) is 0 Å². The molecule has 0 amide bonds. The lowest BCUT2D eigenvalue weighted by atomic mass is 9.78. The molecule has 0 aliphatic carbocycles. The minimum Gasteiger partial charge on any atom is -0.508 e. The number of aromatic hydroxyl groups is 8. The maximum absolute atomic E-state index is 14.1. The molecule has 0 spiro atoms. The van der Waals surface area contributed by atoms with Crippen molar-refractivity contribution in [2.75, 3.05) is 0 Å². The first kappa shape index (κ1) is 27.4. The van der Waals surface area contributed by atoms with Crippen molar-refractivity contribution in [1.82, 2.24) is 0 Å². The van der Waals surface area contributed by atoms with Crippen molar-refractivity contribution in [3.63, 3.8) is 0 Å². The van der Waals surface area contributed by atoms with Crippen molar-refractivity contribution in [3.05, 3.63) is 82.4 Å². The van der Waals surface area contributed by atoms with Gasteiger partial charge in [0.15, 0.2) is 41.0 Å². The van der Waals surface area contributed by atoms with Gasteiger partial charge in [-0.3, -0.25) is 9.59 Å². The van der Waals surface area contributed by atoms with Crippen LogP contribution < -0.4 is 9.47 Å². The van der Waals surface area contributed by atoms with Crippen LogP contribution in [0.5, 0.6) is 57.5 Å². The molecule has 4 aromatic carbocycles. The molecular formula is C30H22O13. The summed E-state index contributed by atoms with van der Waals surface area (Å²) in [6, 6.07) is 9.57. The second-order valence-electron chi connectivity index (χ2n) is 10.1. The van der Waals surface area contributed by atoms with E-state index < -0.39 is 104 Å². The smallest absolute Gasteiger partial charge is 0.202 e. The van der Waals surface area contributed by atoms with E-state index in [0.29, 0.717) is 0 Å². The van der Waals surface area contributed by atoms with Crippen LogP contribution in [-0.4, -0.2) is 63.6 Å². The number of rotatable bonds is 3. The van der Waals surface area contributed by atoms with Crippen LogP contribution >= 0.6 is 0 Å². The largest absolute Gasteiger partial charge is 0.508 e. The SMILES string of the molecule is O=C1c2c(O)cc(O)c(C3C(=O)c4c(O)cc(O)cc4OC3c3ccc(O)c(O)c3)c2OC(c2ccc(O)c(O)c2)C1O. The van der Waals surface area contributed by atoms with Gasteiger partial charge in [-0.1, -0.05) is 12.1 Å². The molecule has 2 aliphatic heterocycles. The van der Waals surface area contributed by atoms with Crippen LogP contribution in [0.15, 0.2) is 54.6 Å². The number of phenols is 8. The van der Waals surface area contributed by atoms with Gasteiger partial charge in [0.2, 0.25) is 5.78 Å². The van der Waals surface area contributed by atoms with E-state index in [1.54, 1.807) is 0 Å². The zero-order chi connectivity index (χ0) is 30.9. The molecule has 13 nitrogen and oxygen atoms in total. The molecule has 0 saturated carbocycles. The van der Waals surface area contributed by atoms with E-state index in [4.69, 9.17) is 9.47 Å². The van der Waals surface area contributed by atoms with Crippen molar-refractivity contribution in [3.8, 4) is 57.5 Å². The fourth-order valence-corrected chi connectivity index (χ4v) is 5.44. The van der Waals surface area contributed by atoms with Gasteiger partial charge in [-0.25, -0.2) is 0 Å². The Morgan fingerprint density at radius 3 is 1.72 bits per heavy atom. The van der Waals surface area contributed by atoms with Crippen LogP contribution in [0.2, 0.25) is 0 Å². The van der Waals surface area contributed by atoms with Crippen LogP contribution in [0.1, 0.15) is 55.5 Å². The molecule has 220 valence electrons. The molecule has 2 aliphatic rings. The molecule has 4 unspecified atom stereocenters. The number of ketones is 2. The summed E-state index contributed by atoms with van der Waals surface area (Å²) in [6.07, 6.45) is -4.94. The van der Waals surface area contributed by atoms with Crippen LogP contribution in [0.3, 0.4) is 0 Å². The lowest BCUT2D eigenvalue weighted by Gasteiger charge is -2.37. The summed E-state index contributed by atoms with van der Waals surface area (Å²) in [7, 11) is 0. The second kappa shape index (κ2) is 9.63. The average molecular weight is 590 g/mol. The molecule has 0 fully saturated rings. The highest BCUT2D eigenvalue weighted by Crippen LogP contribution is 2.55. The number of Topliss-reactive ketones (excluding diaryl/α,β-unsaturated/α-hetero) is 2. The zero-order valence-corrected chi connectivity index (χ0v) is 21.7. The Labute approximate surface area is 240 Å². The first-order chi connectivity index (χ1) is 20.4. The number of aliphatic hydroxyl groups is 1. The summed E-state index contributed by atoms with van der Waals surface area (Å²) in [5.41, 5.74) is -1.29. The highest BCUT2D eigenvalue weighted by Gasteiger charge is 2.48. The molecule has 9 N–H and O–H groups in total. The number of benzene rings is 4. The van der Waals surface area contributed by atoms with Gasteiger partial charge in [0.1, 0.15) is 51.7 Å². The van der Waals surface area contributed by atoms with Gasteiger partial charge in [-0.05, 0) is 35.4 Å². The summed E-state index contributed by atoms with van der Waals surface area (Å²) >= 11 is 0. The molecule has 0 aromatic heterocycles. The third kappa shape index (κ3) is 4.21. The fourth-order valence-electron chi connectivity index (χ4n) is 5.44. The molecule has 4 aromatic rings. The molecule has 43 heavy (non-hydrogen) atoms. The summed E-state index contributed by atoms with van der Waals surface area (Å²) in [5.74, 6) is -9.20. The predicted octanol–water partition coefficient (Wildman–Crippen LogP) is 3.11. The van der Waals surface area contributed by atoms with E-state index in [2.05, 4.69) is 0 Å². The topological polar surface area (TPSA) is 235 Å². The van der Waals surface area contributed by atoms with Crippen LogP contribution in [0, 0.1) is 0 Å². The molecular weight excluding hydrogens is 568 g/mol. The summed E-state index contributed by atoms with van der Waals surface area (Å²) in [6.45, 7) is 0. The number of aliphatic hydroxyl groups excluding tert-OH is 1. The summed E-state index contributed by atoms with van der Waals surface area (Å²) in [4.78, 5) is 27.5. The van der Waals surface area contributed by atoms with Crippen LogP contribution in [0.4, 0.5) is 0 Å². The normalized spacial score (nSPS) is 21.0. The van der Waals surface area contributed by atoms with Gasteiger partial charge in [-0.15, -0.1) is 0 Å². The minimum absolute atomic E-state index is 0.0141. The van der Waals surface area contributed by atoms with Crippen molar-refractivity contribution in [2.24, 2.45) is 0 Å². The number of ether oxygens (including phenoxy) is 2. The highest BCUT2D eigenvalue weighted by molar-refractivity contribution is 6.10. The maximum Gasteiger partial charge on any atom is 0.202 e. The third-order valence-corrected chi connectivity index (χ3v) is 7.44. The number of hydrogen-bond donors (Lipinski definition) is 9. The van der Waals surface area contributed by atoms with E-state index in [-0.39, 0.29) is 16.9 Å². The van der Waals surface area contributed by atoms with Gasteiger partial charge in [0.05, 0.1) is 11.5 Å². The number of carbonyl (C=O) groups is 2. The molecule has 4 atom stereocenters.